The van der Waals surface area contributed by atoms with Crippen molar-refractivity contribution in [2.45, 2.75) is 39.3 Å². The molecule has 0 atom stereocenters. The second-order valence-electron chi connectivity index (χ2n) is 7.08. The third-order valence-corrected chi connectivity index (χ3v) is 3.47. The molecule has 1 aromatic heterocycles. The maximum atomic E-state index is 11.9. The maximum Gasteiger partial charge on any atom is 0.407 e. The van der Waals surface area contributed by atoms with Crippen molar-refractivity contribution < 1.29 is 23.5 Å². The second kappa shape index (κ2) is 9.59. The van der Waals surface area contributed by atoms with Crippen LogP contribution in [0.2, 0.25) is 0 Å². The molecule has 28 heavy (non-hydrogen) atoms. The van der Waals surface area contributed by atoms with Gasteiger partial charge in [0.05, 0.1) is 6.26 Å². The predicted octanol–water partition coefficient (Wildman–Crippen LogP) is 3.06. The third-order valence-electron chi connectivity index (χ3n) is 3.47. The minimum atomic E-state index is -0.573. The number of amides is 3. The van der Waals surface area contributed by atoms with Crippen molar-refractivity contribution in [3.8, 4) is 0 Å². The average molecular weight is 387 g/mol. The molecule has 8 heteroatoms. The number of hydrogen-bond donors (Lipinski definition) is 3. The van der Waals surface area contributed by atoms with Crippen molar-refractivity contribution in [1.29, 1.82) is 0 Å². The highest BCUT2D eigenvalue weighted by Crippen LogP contribution is 2.12. The Labute approximate surface area is 163 Å². The van der Waals surface area contributed by atoms with E-state index in [0.717, 1.165) is 5.56 Å². The van der Waals surface area contributed by atoms with Gasteiger partial charge in [-0.2, -0.15) is 0 Å². The highest BCUT2D eigenvalue weighted by molar-refractivity contribution is 6.02. The number of carbonyl (C=O) groups excluding carboxylic acids is 3. The van der Waals surface area contributed by atoms with Gasteiger partial charge in [0, 0.05) is 25.2 Å². The molecule has 3 N–H and O–H groups in total. The Kier molecular flexibility index (Phi) is 7.20. The summed E-state index contributed by atoms with van der Waals surface area (Å²) in [7, 11) is 0. The molecule has 8 nitrogen and oxygen atoms in total. The van der Waals surface area contributed by atoms with Crippen molar-refractivity contribution in [1.82, 2.24) is 10.6 Å². The Hall–Kier alpha value is -3.29. The van der Waals surface area contributed by atoms with Gasteiger partial charge in [0.2, 0.25) is 5.91 Å². The number of rotatable bonds is 7. The summed E-state index contributed by atoms with van der Waals surface area (Å²) in [5.41, 5.74) is 0.929. The SMILES string of the molecule is CC(C)(C)OC(=O)NCCC(=O)NCc1ccc(NC(=O)c2ccco2)cc1. The largest absolute Gasteiger partial charge is 0.459 e. The Bertz CT molecular complexity index is 792. The molecule has 0 unspecified atom stereocenters. The number of ether oxygens (including phenoxy) is 1. The van der Waals surface area contributed by atoms with Gasteiger partial charge in [0.15, 0.2) is 5.76 Å². The van der Waals surface area contributed by atoms with E-state index < -0.39 is 11.7 Å². The van der Waals surface area contributed by atoms with E-state index >= 15 is 0 Å². The Morgan fingerprint density at radius 2 is 1.75 bits per heavy atom. The molecule has 0 aliphatic heterocycles. The maximum absolute atomic E-state index is 11.9. The van der Waals surface area contributed by atoms with E-state index in [1.807, 2.05) is 0 Å². The van der Waals surface area contributed by atoms with Gasteiger partial charge in [0.1, 0.15) is 5.60 Å². The standard InChI is InChI=1S/C20H25N3O5/c1-20(2,3)28-19(26)21-11-10-17(24)22-13-14-6-8-15(9-7-14)23-18(25)16-5-4-12-27-16/h4-9,12H,10-11,13H2,1-3H3,(H,21,26)(H,22,24)(H,23,25). The van der Waals surface area contributed by atoms with Gasteiger partial charge < -0.3 is 25.1 Å². The molecule has 2 aromatic rings. The van der Waals surface area contributed by atoms with Crippen LogP contribution in [-0.4, -0.2) is 30.1 Å². The monoisotopic (exact) mass is 387 g/mol. The number of furan rings is 1. The first-order valence-corrected chi connectivity index (χ1v) is 8.90. The fourth-order valence-electron chi connectivity index (χ4n) is 2.19. The summed E-state index contributed by atoms with van der Waals surface area (Å²) in [6.45, 7) is 5.85. The molecule has 150 valence electrons. The van der Waals surface area contributed by atoms with Gasteiger partial charge in [-0.15, -0.1) is 0 Å². The third kappa shape index (κ3) is 7.53. The van der Waals surface area contributed by atoms with Crippen molar-refractivity contribution in [2.75, 3.05) is 11.9 Å². The Morgan fingerprint density at radius 1 is 1.04 bits per heavy atom. The van der Waals surface area contributed by atoms with E-state index in [4.69, 9.17) is 9.15 Å². The van der Waals surface area contributed by atoms with Crippen LogP contribution in [0.4, 0.5) is 10.5 Å². The number of alkyl carbamates (subject to hydrolysis) is 1. The lowest BCUT2D eigenvalue weighted by atomic mass is 10.2. The lowest BCUT2D eigenvalue weighted by Crippen LogP contribution is -2.35. The fraction of sp³-hybridized carbons (Fsp3) is 0.350. The Balaban J connectivity index is 1.69. The lowest BCUT2D eigenvalue weighted by Gasteiger charge is -2.19. The summed E-state index contributed by atoms with van der Waals surface area (Å²) >= 11 is 0. The van der Waals surface area contributed by atoms with Crippen LogP contribution in [0.15, 0.2) is 47.1 Å². The molecule has 0 saturated carbocycles. The molecule has 1 aromatic carbocycles. The smallest absolute Gasteiger partial charge is 0.407 e. The molecule has 0 fully saturated rings. The second-order valence-corrected chi connectivity index (χ2v) is 7.08. The normalized spacial score (nSPS) is 10.8. The van der Waals surface area contributed by atoms with E-state index in [2.05, 4.69) is 16.0 Å². The van der Waals surface area contributed by atoms with Gasteiger partial charge in [-0.05, 0) is 50.6 Å². The molecule has 2 rings (SSSR count). The summed E-state index contributed by atoms with van der Waals surface area (Å²) in [5.74, 6) is -0.286. The summed E-state index contributed by atoms with van der Waals surface area (Å²) in [6, 6.07) is 10.3. The topological polar surface area (TPSA) is 110 Å². The number of nitrogens with one attached hydrogen (secondary N) is 3. The number of anilines is 1. The van der Waals surface area contributed by atoms with E-state index in [1.54, 1.807) is 57.2 Å². The van der Waals surface area contributed by atoms with Crippen LogP contribution in [0.3, 0.4) is 0 Å². The molecule has 3 amide bonds. The summed E-state index contributed by atoms with van der Waals surface area (Å²) in [4.78, 5) is 35.3. The van der Waals surface area contributed by atoms with Crippen LogP contribution < -0.4 is 16.0 Å². The summed E-state index contributed by atoms with van der Waals surface area (Å²) < 4.78 is 10.1. The fourth-order valence-corrected chi connectivity index (χ4v) is 2.19. The zero-order chi connectivity index (χ0) is 20.6. The molecular formula is C20H25N3O5. The van der Waals surface area contributed by atoms with Crippen LogP contribution in [-0.2, 0) is 16.1 Å². The highest BCUT2D eigenvalue weighted by Gasteiger charge is 2.15. The molecule has 0 spiro atoms. The lowest BCUT2D eigenvalue weighted by molar-refractivity contribution is -0.121. The number of carbonyl (C=O) groups is 3. The number of benzene rings is 1. The van der Waals surface area contributed by atoms with Crippen LogP contribution in [0.5, 0.6) is 0 Å². The van der Waals surface area contributed by atoms with Crippen molar-refractivity contribution in [2.24, 2.45) is 0 Å². The van der Waals surface area contributed by atoms with Crippen molar-refractivity contribution in [3.63, 3.8) is 0 Å². The predicted molar refractivity (Wildman–Crippen MR) is 104 cm³/mol. The van der Waals surface area contributed by atoms with Gasteiger partial charge in [0.25, 0.3) is 5.91 Å². The van der Waals surface area contributed by atoms with E-state index in [9.17, 15) is 14.4 Å². The molecule has 0 aliphatic carbocycles. The molecule has 0 bridgehead atoms. The molecule has 1 heterocycles. The van der Waals surface area contributed by atoms with Crippen LogP contribution >= 0.6 is 0 Å². The van der Waals surface area contributed by atoms with E-state index in [0.29, 0.717) is 12.2 Å². The Morgan fingerprint density at radius 3 is 2.36 bits per heavy atom. The van der Waals surface area contributed by atoms with Crippen molar-refractivity contribution >= 4 is 23.6 Å². The van der Waals surface area contributed by atoms with Crippen molar-refractivity contribution in [3.05, 3.63) is 54.0 Å². The number of hydrogen-bond acceptors (Lipinski definition) is 5. The van der Waals surface area contributed by atoms with E-state index in [-0.39, 0.29) is 30.5 Å². The molecule has 0 aliphatic rings. The van der Waals surface area contributed by atoms with Gasteiger partial charge in [-0.1, -0.05) is 12.1 Å². The zero-order valence-electron chi connectivity index (χ0n) is 16.2. The van der Waals surface area contributed by atoms with E-state index in [1.165, 1.54) is 6.26 Å². The minimum absolute atomic E-state index is 0.149. The first-order valence-electron chi connectivity index (χ1n) is 8.90. The quantitative estimate of drug-likeness (QED) is 0.676. The van der Waals surface area contributed by atoms with Crippen LogP contribution in [0.1, 0.15) is 43.3 Å². The average Bonchev–Trinajstić information content (AvgIpc) is 3.14. The van der Waals surface area contributed by atoms with Crippen LogP contribution in [0, 0.1) is 0 Å². The van der Waals surface area contributed by atoms with Gasteiger partial charge in [-0.3, -0.25) is 9.59 Å². The van der Waals surface area contributed by atoms with Gasteiger partial charge in [-0.25, -0.2) is 4.79 Å². The minimum Gasteiger partial charge on any atom is -0.459 e. The molecule has 0 saturated heterocycles. The summed E-state index contributed by atoms with van der Waals surface area (Å²) in [6.07, 6.45) is 1.03. The van der Waals surface area contributed by atoms with Crippen LogP contribution in [0.25, 0.3) is 0 Å². The first-order chi connectivity index (χ1) is 13.2. The molecular weight excluding hydrogens is 362 g/mol. The first kappa shape index (κ1) is 21.0. The molecule has 0 radical (unpaired) electrons. The van der Waals surface area contributed by atoms with Gasteiger partial charge >= 0.3 is 6.09 Å². The highest BCUT2D eigenvalue weighted by atomic mass is 16.6. The summed E-state index contributed by atoms with van der Waals surface area (Å²) in [5, 5.41) is 8.02. The zero-order valence-corrected chi connectivity index (χ0v) is 16.2.